The molecule has 1 aromatic heterocycles. The van der Waals surface area contributed by atoms with E-state index in [0.717, 1.165) is 27.9 Å². The number of nitrogens with zero attached hydrogens (tertiary/aromatic N) is 2. The van der Waals surface area contributed by atoms with Gasteiger partial charge >= 0.3 is 6.18 Å². The molecule has 0 aliphatic heterocycles. The summed E-state index contributed by atoms with van der Waals surface area (Å²) in [7, 11) is 0. The van der Waals surface area contributed by atoms with Gasteiger partial charge in [-0.15, -0.1) is 11.8 Å². The monoisotopic (exact) mass is 448 g/mol. The number of alkyl halides is 3. The van der Waals surface area contributed by atoms with E-state index in [1.165, 1.54) is 0 Å². The molecule has 1 heterocycles. The summed E-state index contributed by atoms with van der Waals surface area (Å²) in [4.78, 5) is 4.35. The van der Waals surface area contributed by atoms with Crippen LogP contribution in [-0.2, 0) is 11.9 Å². The van der Waals surface area contributed by atoms with Crippen molar-refractivity contribution in [3.05, 3.63) is 81.8 Å². The minimum Gasteiger partial charge on any atom is -0.240 e. The number of hydrogen-bond donors (Lipinski definition) is 0. The van der Waals surface area contributed by atoms with Crippen molar-refractivity contribution in [3.8, 4) is 17.3 Å². The molecule has 2 nitrogen and oxygen atoms in total. The fourth-order valence-electron chi connectivity index (χ4n) is 2.45. The van der Waals surface area contributed by atoms with Gasteiger partial charge in [0, 0.05) is 15.8 Å². The lowest BCUT2D eigenvalue weighted by Crippen LogP contribution is -2.10. The van der Waals surface area contributed by atoms with Crippen molar-refractivity contribution in [2.24, 2.45) is 0 Å². The molecule has 0 unspecified atom stereocenters. The number of halogens is 4. The average molecular weight is 449 g/mol. The molecule has 2 aromatic carbocycles. The summed E-state index contributed by atoms with van der Waals surface area (Å²) in [5.74, 6) is 0.407. The first-order chi connectivity index (χ1) is 12.9. The van der Waals surface area contributed by atoms with Crippen LogP contribution in [0, 0.1) is 11.3 Å². The van der Waals surface area contributed by atoms with Gasteiger partial charge in [0.05, 0.1) is 16.8 Å². The van der Waals surface area contributed by atoms with E-state index in [1.54, 1.807) is 36.4 Å². The van der Waals surface area contributed by atoms with Gasteiger partial charge in [0.2, 0.25) is 0 Å². The van der Waals surface area contributed by atoms with Crippen molar-refractivity contribution in [2.75, 3.05) is 0 Å². The second-order valence-corrected chi connectivity index (χ2v) is 7.51. The van der Waals surface area contributed by atoms with E-state index in [9.17, 15) is 18.4 Å². The molecule has 0 spiro atoms. The van der Waals surface area contributed by atoms with E-state index < -0.39 is 17.3 Å². The van der Waals surface area contributed by atoms with Gasteiger partial charge in [-0.1, -0.05) is 58.4 Å². The third kappa shape index (κ3) is 4.71. The maximum Gasteiger partial charge on any atom is 0.417 e. The van der Waals surface area contributed by atoms with E-state index in [2.05, 4.69) is 20.9 Å². The highest BCUT2D eigenvalue weighted by Crippen LogP contribution is 2.38. The third-order valence-electron chi connectivity index (χ3n) is 3.76. The molecule has 136 valence electrons. The van der Waals surface area contributed by atoms with Crippen molar-refractivity contribution >= 4 is 27.7 Å². The predicted molar refractivity (Wildman–Crippen MR) is 103 cm³/mol. The predicted octanol–water partition coefficient (Wildman–Crippen LogP) is 6.69. The Balaban J connectivity index is 2.05. The molecule has 3 rings (SSSR count). The Morgan fingerprint density at radius 1 is 1.04 bits per heavy atom. The lowest BCUT2D eigenvalue weighted by molar-refractivity contribution is -0.138. The highest BCUT2D eigenvalue weighted by atomic mass is 79.9. The number of nitriles is 1. The Morgan fingerprint density at radius 3 is 2.30 bits per heavy atom. The zero-order valence-electron chi connectivity index (χ0n) is 13.8. The van der Waals surface area contributed by atoms with Gasteiger partial charge in [-0.3, -0.25) is 0 Å². The quantitative estimate of drug-likeness (QED) is 0.417. The van der Waals surface area contributed by atoms with Crippen molar-refractivity contribution in [1.82, 2.24) is 4.98 Å². The smallest absolute Gasteiger partial charge is 0.240 e. The summed E-state index contributed by atoms with van der Waals surface area (Å²) in [6.45, 7) is 0. The second-order valence-electron chi connectivity index (χ2n) is 5.63. The molecule has 0 radical (unpaired) electrons. The molecular formula is C20H12BrF3N2S. The SMILES string of the molecule is N#Cc1c(C(F)(F)F)cc(-c2ccccc2)nc1SCc1ccc(Br)cc1. The van der Waals surface area contributed by atoms with E-state index in [0.29, 0.717) is 11.3 Å². The van der Waals surface area contributed by atoms with E-state index in [1.807, 2.05) is 24.3 Å². The van der Waals surface area contributed by atoms with Gasteiger partial charge in [-0.25, -0.2) is 4.98 Å². The Kier molecular flexibility index (Phi) is 5.88. The summed E-state index contributed by atoms with van der Waals surface area (Å²) < 4.78 is 41.5. The molecule has 0 bridgehead atoms. The minimum atomic E-state index is -4.63. The van der Waals surface area contributed by atoms with Crippen LogP contribution in [0.5, 0.6) is 0 Å². The van der Waals surface area contributed by atoms with E-state index in [4.69, 9.17) is 0 Å². The summed E-state index contributed by atoms with van der Waals surface area (Å²) in [5.41, 5.74) is 0.284. The van der Waals surface area contributed by atoms with Crippen LogP contribution in [0.3, 0.4) is 0 Å². The number of hydrogen-bond acceptors (Lipinski definition) is 3. The molecule has 27 heavy (non-hydrogen) atoms. The molecule has 0 atom stereocenters. The van der Waals surface area contributed by atoms with Crippen LogP contribution in [0.2, 0.25) is 0 Å². The van der Waals surface area contributed by atoms with Crippen LogP contribution in [0.25, 0.3) is 11.3 Å². The molecular weight excluding hydrogens is 437 g/mol. The topological polar surface area (TPSA) is 36.7 Å². The fourth-order valence-corrected chi connectivity index (χ4v) is 3.67. The van der Waals surface area contributed by atoms with Crippen molar-refractivity contribution in [1.29, 1.82) is 5.26 Å². The van der Waals surface area contributed by atoms with Crippen LogP contribution < -0.4 is 0 Å². The molecule has 0 fully saturated rings. The molecule has 0 saturated heterocycles. The molecule has 7 heteroatoms. The van der Waals surface area contributed by atoms with Gasteiger partial charge in [0.15, 0.2) is 0 Å². The number of benzene rings is 2. The highest BCUT2D eigenvalue weighted by molar-refractivity contribution is 9.10. The zero-order chi connectivity index (χ0) is 19.4. The third-order valence-corrected chi connectivity index (χ3v) is 5.34. The van der Waals surface area contributed by atoms with Crippen molar-refractivity contribution in [2.45, 2.75) is 17.0 Å². The first kappa shape index (κ1) is 19.5. The first-order valence-corrected chi connectivity index (χ1v) is 9.61. The van der Waals surface area contributed by atoms with Crippen LogP contribution in [0.1, 0.15) is 16.7 Å². The molecule has 0 aliphatic rings. The normalized spacial score (nSPS) is 11.2. The number of thioether (sulfide) groups is 1. The Bertz CT molecular complexity index is 981. The van der Waals surface area contributed by atoms with Gasteiger partial charge in [0.1, 0.15) is 11.1 Å². The molecule has 0 amide bonds. The van der Waals surface area contributed by atoms with Crippen LogP contribution in [0.15, 0.2) is 70.2 Å². The standard InChI is InChI=1S/C20H12BrF3N2S/c21-15-8-6-13(7-9-15)12-27-19-16(11-25)17(20(22,23)24)10-18(26-19)14-4-2-1-3-5-14/h1-10H,12H2. The van der Waals surface area contributed by atoms with E-state index in [-0.39, 0.29) is 10.7 Å². The highest BCUT2D eigenvalue weighted by Gasteiger charge is 2.36. The molecule has 0 N–H and O–H groups in total. The Labute approximate surface area is 167 Å². The number of aromatic nitrogens is 1. The maximum atomic E-state index is 13.5. The van der Waals surface area contributed by atoms with Crippen LogP contribution in [-0.4, -0.2) is 4.98 Å². The van der Waals surface area contributed by atoms with Crippen LogP contribution >= 0.6 is 27.7 Å². The number of rotatable bonds is 4. The largest absolute Gasteiger partial charge is 0.417 e. The lowest BCUT2D eigenvalue weighted by atomic mass is 10.1. The Morgan fingerprint density at radius 2 is 1.70 bits per heavy atom. The van der Waals surface area contributed by atoms with Crippen LogP contribution in [0.4, 0.5) is 13.2 Å². The van der Waals surface area contributed by atoms with Gasteiger partial charge in [0.25, 0.3) is 0 Å². The summed E-state index contributed by atoms with van der Waals surface area (Å²) >= 11 is 4.46. The average Bonchev–Trinajstić information content (AvgIpc) is 2.66. The fraction of sp³-hybridized carbons (Fsp3) is 0.100. The molecule has 0 saturated carbocycles. The minimum absolute atomic E-state index is 0.0779. The second kappa shape index (κ2) is 8.15. The van der Waals surface area contributed by atoms with Crippen molar-refractivity contribution < 1.29 is 13.2 Å². The first-order valence-electron chi connectivity index (χ1n) is 7.83. The zero-order valence-corrected chi connectivity index (χ0v) is 16.2. The lowest BCUT2D eigenvalue weighted by Gasteiger charge is -2.14. The van der Waals surface area contributed by atoms with Gasteiger partial charge in [-0.2, -0.15) is 18.4 Å². The number of pyridine rings is 1. The van der Waals surface area contributed by atoms with Crippen molar-refractivity contribution in [3.63, 3.8) is 0 Å². The van der Waals surface area contributed by atoms with Gasteiger partial charge < -0.3 is 0 Å². The molecule has 3 aromatic rings. The van der Waals surface area contributed by atoms with E-state index >= 15 is 0 Å². The van der Waals surface area contributed by atoms with Gasteiger partial charge in [-0.05, 0) is 23.8 Å². The summed E-state index contributed by atoms with van der Waals surface area (Å²) in [5, 5.41) is 9.43. The summed E-state index contributed by atoms with van der Waals surface area (Å²) in [6, 6.07) is 18.7. The Hall–Kier alpha value is -2.30. The molecule has 0 aliphatic carbocycles. The summed E-state index contributed by atoms with van der Waals surface area (Å²) in [6.07, 6.45) is -4.63. The maximum absolute atomic E-state index is 13.5.